The maximum Gasteiger partial charge on any atom is 0.266 e. The molecular weight excluding hydrogens is 318 g/mol. The van der Waals surface area contributed by atoms with Crippen molar-refractivity contribution in [2.45, 2.75) is 38.6 Å². The van der Waals surface area contributed by atoms with Gasteiger partial charge in [-0.2, -0.15) is 0 Å². The summed E-state index contributed by atoms with van der Waals surface area (Å²) in [7, 11) is 0. The monoisotopic (exact) mass is 343 g/mol. The van der Waals surface area contributed by atoms with E-state index in [2.05, 4.69) is 11.8 Å². The van der Waals surface area contributed by atoms with Crippen LogP contribution in [0.4, 0.5) is 5.69 Å². The lowest BCUT2D eigenvalue weighted by Crippen LogP contribution is -2.44. The third kappa shape index (κ3) is 3.58. The van der Waals surface area contributed by atoms with Gasteiger partial charge in [0, 0.05) is 19.1 Å². The van der Waals surface area contributed by atoms with Crippen molar-refractivity contribution in [3.8, 4) is 0 Å². The molecule has 4 nitrogen and oxygen atoms in total. The summed E-state index contributed by atoms with van der Waals surface area (Å²) < 4.78 is 0. The smallest absolute Gasteiger partial charge is 0.266 e. The topological polar surface area (TPSA) is 49.6 Å². The molecule has 1 aromatic rings. The van der Waals surface area contributed by atoms with Crippen molar-refractivity contribution in [2.75, 3.05) is 31.9 Å². The summed E-state index contributed by atoms with van der Waals surface area (Å²) in [4.78, 5) is 17.8. The van der Waals surface area contributed by atoms with Crippen LogP contribution in [0.5, 0.6) is 0 Å². The number of nitrogens with zero attached hydrogens (tertiary/aromatic N) is 2. The standard InChI is InChI=1S/C16H25N3OS.ClH/c1-12(18-7-2-3-8-18)13-4-9-19(10-5-13)16(20)15-14(17)6-11-21-15;/h6,11-13H,2-5,7-10,17H2,1H3;1H. The van der Waals surface area contributed by atoms with Crippen LogP contribution in [0, 0.1) is 5.92 Å². The van der Waals surface area contributed by atoms with Crippen LogP contribution < -0.4 is 5.73 Å². The Balaban J connectivity index is 0.00000176. The van der Waals surface area contributed by atoms with Crippen molar-refractivity contribution in [1.29, 1.82) is 0 Å². The van der Waals surface area contributed by atoms with E-state index in [1.165, 1.54) is 37.3 Å². The Hall–Kier alpha value is -0.780. The lowest BCUT2D eigenvalue weighted by molar-refractivity contribution is 0.0629. The molecule has 2 fully saturated rings. The normalized spacial score (nSPS) is 21.6. The van der Waals surface area contributed by atoms with Gasteiger partial charge in [0.05, 0.1) is 5.69 Å². The van der Waals surface area contributed by atoms with Crippen LogP contribution in [0.2, 0.25) is 0 Å². The molecule has 1 unspecified atom stereocenters. The number of amides is 1. The number of carbonyl (C=O) groups excluding carboxylic acids is 1. The van der Waals surface area contributed by atoms with Gasteiger partial charge in [0.2, 0.25) is 0 Å². The maximum absolute atomic E-state index is 12.5. The highest BCUT2D eigenvalue weighted by atomic mass is 35.5. The Kier molecular flexibility index (Phi) is 6.12. The molecule has 6 heteroatoms. The van der Waals surface area contributed by atoms with Gasteiger partial charge in [-0.25, -0.2) is 0 Å². The number of piperidine rings is 1. The summed E-state index contributed by atoms with van der Waals surface area (Å²) in [5.74, 6) is 0.850. The van der Waals surface area contributed by atoms with Gasteiger partial charge in [0.25, 0.3) is 5.91 Å². The number of halogens is 1. The number of likely N-dealkylation sites (tertiary alicyclic amines) is 2. The molecule has 2 saturated heterocycles. The number of carbonyl (C=O) groups is 1. The van der Waals surface area contributed by atoms with E-state index in [9.17, 15) is 4.79 Å². The minimum Gasteiger partial charge on any atom is -0.397 e. The molecule has 0 saturated carbocycles. The third-order valence-corrected chi connectivity index (χ3v) is 6.03. The number of hydrogen-bond donors (Lipinski definition) is 1. The van der Waals surface area contributed by atoms with E-state index >= 15 is 0 Å². The van der Waals surface area contributed by atoms with Crippen molar-refractivity contribution in [3.63, 3.8) is 0 Å². The quantitative estimate of drug-likeness (QED) is 0.917. The summed E-state index contributed by atoms with van der Waals surface area (Å²) in [6, 6.07) is 2.48. The largest absolute Gasteiger partial charge is 0.397 e. The molecule has 1 amide bonds. The van der Waals surface area contributed by atoms with Gasteiger partial charge in [0.1, 0.15) is 4.88 Å². The van der Waals surface area contributed by atoms with Gasteiger partial charge in [0.15, 0.2) is 0 Å². The van der Waals surface area contributed by atoms with E-state index in [-0.39, 0.29) is 18.3 Å². The number of nitrogens with two attached hydrogens (primary N) is 1. The minimum absolute atomic E-state index is 0. The van der Waals surface area contributed by atoms with Crippen LogP contribution in [0.3, 0.4) is 0 Å². The van der Waals surface area contributed by atoms with Gasteiger partial charge in [-0.05, 0) is 63.1 Å². The molecule has 3 heterocycles. The molecule has 0 aliphatic carbocycles. The predicted octanol–water partition coefficient (Wildman–Crippen LogP) is 3.09. The van der Waals surface area contributed by atoms with Crippen molar-refractivity contribution < 1.29 is 4.79 Å². The Bertz CT molecular complexity index is 493. The molecule has 0 radical (unpaired) electrons. The minimum atomic E-state index is 0. The van der Waals surface area contributed by atoms with Gasteiger partial charge in [-0.3, -0.25) is 4.79 Å². The first kappa shape index (κ1) is 17.6. The fourth-order valence-corrected chi connectivity index (χ4v) is 4.45. The van der Waals surface area contributed by atoms with E-state index in [1.54, 1.807) is 0 Å². The lowest BCUT2D eigenvalue weighted by Gasteiger charge is -2.38. The lowest BCUT2D eigenvalue weighted by atomic mass is 9.89. The number of anilines is 1. The zero-order valence-corrected chi connectivity index (χ0v) is 14.8. The summed E-state index contributed by atoms with van der Waals surface area (Å²) >= 11 is 1.45. The number of nitrogen functional groups attached to an aromatic ring is 1. The summed E-state index contributed by atoms with van der Waals surface area (Å²) in [5, 5.41) is 1.89. The summed E-state index contributed by atoms with van der Waals surface area (Å²) in [5.41, 5.74) is 6.49. The highest BCUT2D eigenvalue weighted by molar-refractivity contribution is 7.12. The second-order valence-electron chi connectivity index (χ2n) is 6.32. The highest BCUT2D eigenvalue weighted by Gasteiger charge is 2.31. The van der Waals surface area contributed by atoms with Crippen LogP contribution in [0.25, 0.3) is 0 Å². The molecule has 2 N–H and O–H groups in total. The molecule has 0 aromatic carbocycles. The molecule has 0 bridgehead atoms. The van der Waals surface area contributed by atoms with Crippen LogP contribution in [-0.4, -0.2) is 47.9 Å². The zero-order valence-electron chi connectivity index (χ0n) is 13.2. The van der Waals surface area contributed by atoms with Crippen molar-refractivity contribution in [2.24, 2.45) is 5.92 Å². The molecule has 1 aromatic heterocycles. The molecule has 1 atom stereocenters. The number of thiophene rings is 1. The molecule has 22 heavy (non-hydrogen) atoms. The van der Waals surface area contributed by atoms with Crippen molar-refractivity contribution in [3.05, 3.63) is 16.3 Å². The van der Waals surface area contributed by atoms with E-state index in [4.69, 9.17) is 5.73 Å². The Morgan fingerprint density at radius 1 is 1.27 bits per heavy atom. The first-order chi connectivity index (χ1) is 10.2. The van der Waals surface area contributed by atoms with E-state index in [1.807, 2.05) is 16.3 Å². The third-order valence-electron chi connectivity index (χ3n) is 5.12. The fraction of sp³-hybridized carbons (Fsp3) is 0.688. The van der Waals surface area contributed by atoms with Gasteiger partial charge >= 0.3 is 0 Å². The van der Waals surface area contributed by atoms with E-state index < -0.39 is 0 Å². The molecule has 3 rings (SSSR count). The second-order valence-corrected chi connectivity index (χ2v) is 7.23. The molecule has 0 spiro atoms. The summed E-state index contributed by atoms with van der Waals surface area (Å²) in [6.07, 6.45) is 4.93. The van der Waals surface area contributed by atoms with E-state index in [0.717, 1.165) is 31.8 Å². The Labute approximate surface area is 143 Å². The van der Waals surface area contributed by atoms with Gasteiger partial charge in [-0.1, -0.05) is 0 Å². The predicted molar refractivity (Wildman–Crippen MR) is 94.9 cm³/mol. The van der Waals surface area contributed by atoms with E-state index in [0.29, 0.717) is 16.6 Å². The van der Waals surface area contributed by atoms with Gasteiger partial charge in [-0.15, -0.1) is 23.7 Å². The SMILES string of the molecule is CC(C1CCN(C(=O)c2sccc2N)CC1)N1CCCC1.Cl. The average molecular weight is 344 g/mol. The Morgan fingerprint density at radius 3 is 2.45 bits per heavy atom. The highest BCUT2D eigenvalue weighted by Crippen LogP contribution is 2.28. The number of rotatable bonds is 3. The van der Waals surface area contributed by atoms with Crippen molar-refractivity contribution >= 4 is 35.3 Å². The van der Waals surface area contributed by atoms with Crippen molar-refractivity contribution in [1.82, 2.24) is 9.80 Å². The number of hydrogen-bond acceptors (Lipinski definition) is 4. The zero-order chi connectivity index (χ0) is 14.8. The van der Waals surface area contributed by atoms with Crippen LogP contribution in [0.15, 0.2) is 11.4 Å². The second kappa shape index (κ2) is 7.66. The van der Waals surface area contributed by atoms with Crippen LogP contribution in [0.1, 0.15) is 42.3 Å². The first-order valence-corrected chi connectivity index (χ1v) is 8.91. The summed E-state index contributed by atoms with van der Waals surface area (Å²) in [6.45, 7) is 6.63. The van der Waals surface area contributed by atoms with Gasteiger partial charge < -0.3 is 15.5 Å². The molecule has 124 valence electrons. The van der Waals surface area contributed by atoms with Crippen LogP contribution in [-0.2, 0) is 0 Å². The average Bonchev–Trinajstić information content (AvgIpc) is 3.17. The molecular formula is C16H26ClN3OS. The first-order valence-electron chi connectivity index (χ1n) is 8.03. The Morgan fingerprint density at radius 2 is 1.91 bits per heavy atom. The molecule has 2 aliphatic heterocycles. The fourth-order valence-electron chi connectivity index (χ4n) is 3.67. The molecule has 2 aliphatic rings. The van der Waals surface area contributed by atoms with Crippen LogP contribution >= 0.6 is 23.7 Å². The maximum atomic E-state index is 12.5.